The lowest BCUT2D eigenvalue weighted by atomic mass is 10.1. The van der Waals surface area contributed by atoms with E-state index in [2.05, 4.69) is 4.72 Å². The Balaban J connectivity index is 1.32. The Hall–Kier alpha value is -3.16. The highest BCUT2D eigenvalue weighted by Gasteiger charge is 2.30. The molecule has 4 rings (SSSR count). The van der Waals surface area contributed by atoms with E-state index in [-0.39, 0.29) is 23.5 Å². The first-order chi connectivity index (χ1) is 15.4. The van der Waals surface area contributed by atoms with E-state index >= 15 is 0 Å². The molecule has 166 valence electrons. The number of nitrogens with one attached hydrogen (secondary N) is 1. The number of ether oxygens (including phenoxy) is 1. The van der Waals surface area contributed by atoms with Gasteiger partial charge in [-0.1, -0.05) is 48.5 Å². The van der Waals surface area contributed by atoms with Gasteiger partial charge in [0.05, 0.1) is 4.90 Å². The first-order valence-corrected chi connectivity index (χ1v) is 12.1. The summed E-state index contributed by atoms with van der Waals surface area (Å²) in [5, 5.41) is 0. The smallest absolute Gasteiger partial charge is 0.265 e. The summed E-state index contributed by atoms with van der Waals surface area (Å²) < 4.78 is 33.3. The van der Waals surface area contributed by atoms with Gasteiger partial charge in [0.15, 0.2) is 6.61 Å². The number of rotatable bonds is 8. The van der Waals surface area contributed by atoms with E-state index in [0.29, 0.717) is 18.7 Å². The van der Waals surface area contributed by atoms with Crippen molar-refractivity contribution < 1.29 is 17.9 Å². The van der Waals surface area contributed by atoms with Crippen LogP contribution in [0.15, 0.2) is 83.8 Å². The Morgan fingerprint density at radius 1 is 1.00 bits per heavy atom. The molecule has 0 saturated carbocycles. The number of sulfonamides is 1. The van der Waals surface area contributed by atoms with Gasteiger partial charge in [0, 0.05) is 18.3 Å². The topological polar surface area (TPSA) is 75.7 Å². The molecule has 1 heterocycles. The Morgan fingerprint density at radius 3 is 2.44 bits per heavy atom. The lowest BCUT2D eigenvalue weighted by Gasteiger charge is -2.22. The molecule has 3 aromatic rings. The first kappa shape index (κ1) is 22.0. The number of anilines is 1. The molecule has 0 unspecified atom stereocenters. The molecule has 1 N–H and O–H groups in total. The average molecular weight is 451 g/mol. The molecule has 0 radical (unpaired) electrons. The van der Waals surface area contributed by atoms with E-state index in [1.165, 1.54) is 12.1 Å². The molecular weight excluding hydrogens is 424 g/mol. The minimum Gasteiger partial charge on any atom is -0.484 e. The van der Waals surface area contributed by atoms with Gasteiger partial charge in [0.2, 0.25) is 10.0 Å². The molecule has 0 fully saturated rings. The van der Waals surface area contributed by atoms with Gasteiger partial charge in [-0.25, -0.2) is 13.1 Å². The van der Waals surface area contributed by atoms with Gasteiger partial charge in [-0.05, 0) is 61.2 Å². The van der Waals surface area contributed by atoms with Gasteiger partial charge < -0.3 is 9.64 Å². The number of benzene rings is 3. The zero-order valence-electron chi connectivity index (χ0n) is 17.9. The summed E-state index contributed by atoms with van der Waals surface area (Å²) in [4.78, 5) is 14.7. The third-order valence-electron chi connectivity index (χ3n) is 5.52. The number of hydrogen-bond donors (Lipinski definition) is 1. The summed E-state index contributed by atoms with van der Waals surface area (Å²) in [7, 11) is -3.61. The minimum absolute atomic E-state index is 0.0815. The van der Waals surface area contributed by atoms with Crippen LogP contribution in [-0.2, 0) is 27.7 Å². The predicted octanol–water partition coefficient (Wildman–Crippen LogP) is 3.56. The molecular formula is C25H26N2O4S. The van der Waals surface area contributed by atoms with Crippen LogP contribution in [0.5, 0.6) is 5.75 Å². The molecule has 0 aromatic heterocycles. The van der Waals surface area contributed by atoms with E-state index in [1.807, 2.05) is 61.5 Å². The van der Waals surface area contributed by atoms with E-state index in [4.69, 9.17) is 4.74 Å². The summed E-state index contributed by atoms with van der Waals surface area (Å²) in [6.07, 6.45) is 1.44. The maximum Gasteiger partial charge on any atom is 0.265 e. The molecule has 1 aliphatic rings. The number of amides is 1. The Kier molecular flexibility index (Phi) is 6.58. The van der Waals surface area contributed by atoms with Gasteiger partial charge >= 0.3 is 0 Å². The number of para-hydroxylation sites is 1. The lowest BCUT2D eigenvalue weighted by molar-refractivity contribution is -0.120. The van der Waals surface area contributed by atoms with Crippen molar-refractivity contribution in [2.24, 2.45) is 0 Å². The van der Waals surface area contributed by atoms with Crippen LogP contribution in [0.4, 0.5) is 5.69 Å². The molecule has 6 nitrogen and oxygen atoms in total. The van der Waals surface area contributed by atoms with Crippen LogP contribution in [0.25, 0.3) is 0 Å². The fourth-order valence-corrected chi connectivity index (χ4v) is 4.96. The second-order valence-electron chi connectivity index (χ2n) is 7.84. The SMILES string of the molecule is C[C@@H]1Cc2ccccc2N1C(=O)COc1ccc(S(=O)(=O)NCCc2ccccc2)cc1. The number of hydrogen-bond acceptors (Lipinski definition) is 4. The maximum atomic E-state index is 12.7. The van der Waals surface area contributed by atoms with Crippen molar-refractivity contribution in [3.8, 4) is 5.75 Å². The van der Waals surface area contributed by atoms with Gasteiger partial charge in [0.1, 0.15) is 5.75 Å². The molecule has 1 amide bonds. The van der Waals surface area contributed by atoms with Crippen LogP contribution in [0.3, 0.4) is 0 Å². The zero-order chi connectivity index (χ0) is 22.6. The maximum absolute atomic E-state index is 12.7. The highest BCUT2D eigenvalue weighted by Crippen LogP contribution is 2.31. The van der Waals surface area contributed by atoms with Gasteiger partial charge in [-0.15, -0.1) is 0 Å². The monoisotopic (exact) mass is 450 g/mol. The highest BCUT2D eigenvalue weighted by molar-refractivity contribution is 7.89. The summed E-state index contributed by atoms with van der Waals surface area (Å²) in [6, 6.07) is 23.8. The molecule has 3 aromatic carbocycles. The minimum atomic E-state index is -3.61. The van der Waals surface area contributed by atoms with Crippen molar-refractivity contribution in [3.63, 3.8) is 0 Å². The fourth-order valence-electron chi connectivity index (χ4n) is 3.93. The van der Waals surface area contributed by atoms with Crippen molar-refractivity contribution in [1.82, 2.24) is 4.72 Å². The third-order valence-corrected chi connectivity index (χ3v) is 7.00. The Bertz CT molecular complexity index is 1180. The van der Waals surface area contributed by atoms with Crippen molar-refractivity contribution in [2.45, 2.75) is 30.7 Å². The summed E-state index contributed by atoms with van der Waals surface area (Å²) in [5.74, 6) is 0.323. The van der Waals surface area contributed by atoms with Crippen molar-refractivity contribution in [1.29, 1.82) is 0 Å². The Labute approximate surface area is 188 Å². The summed E-state index contributed by atoms with van der Waals surface area (Å²) >= 11 is 0. The standard InChI is InChI=1S/C25H26N2O4S/c1-19-17-21-9-5-6-10-24(21)27(19)25(28)18-31-22-11-13-23(14-12-22)32(29,30)26-16-15-20-7-3-2-4-8-20/h2-14,19,26H,15-18H2,1H3/t19-/m1/s1. The van der Waals surface area contributed by atoms with Gasteiger partial charge in [0.25, 0.3) is 5.91 Å². The van der Waals surface area contributed by atoms with Gasteiger partial charge in [-0.3, -0.25) is 4.79 Å². The van der Waals surface area contributed by atoms with E-state index in [1.54, 1.807) is 17.0 Å². The molecule has 0 saturated heterocycles. The lowest BCUT2D eigenvalue weighted by Crippen LogP contribution is -2.39. The van der Waals surface area contributed by atoms with Crippen LogP contribution >= 0.6 is 0 Å². The Morgan fingerprint density at radius 2 is 1.69 bits per heavy atom. The van der Waals surface area contributed by atoms with E-state index in [0.717, 1.165) is 23.2 Å². The molecule has 0 bridgehead atoms. The molecule has 0 aliphatic carbocycles. The normalized spacial score (nSPS) is 15.4. The number of nitrogens with zero attached hydrogens (tertiary/aromatic N) is 1. The van der Waals surface area contributed by atoms with Crippen molar-refractivity contribution in [2.75, 3.05) is 18.1 Å². The number of fused-ring (bicyclic) bond motifs is 1. The van der Waals surface area contributed by atoms with Crippen LogP contribution in [0, 0.1) is 0 Å². The predicted molar refractivity (Wildman–Crippen MR) is 124 cm³/mol. The van der Waals surface area contributed by atoms with Crippen LogP contribution < -0.4 is 14.4 Å². The molecule has 1 atom stereocenters. The van der Waals surface area contributed by atoms with Crippen LogP contribution in [0.1, 0.15) is 18.1 Å². The second kappa shape index (κ2) is 9.54. The van der Waals surface area contributed by atoms with Crippen molar-refractivity contribution >= 4 is 21.6 Å². The third kappa shape index (κ3) is 5.00. The van der Waals surface area contributed by atoms with Crippen molar-refractivity contribution in [3.05, 3.63) is 90.0 Å². The second-order valence-corrected chi connectivity index (χ2v) is 9.61. The molecule has 0 spiro atoms. The van der Waals surface area contributed by atoms with Crippen LogP contribution in [0.2, 0.25) is 0 Å². The molecule has 7 heteroatoms. The van der Waals surface area contributed by atoms with E-state index in [9.17, 15) is 13.2 Å². The highest BCUT2D eigenvalue weighted by atomic mass is 32.2. The van der Waals surface area contributed by atoms with E-state index < -0.39 is 10.0 Å². The average Bonchev–Trinajstić information content (AvgIpc) is 3.14. The number of carbonyl (C=O) groups excluding carboxylic acids is 1. The zero-order valence-corrected chi connectivity index (χ0v) is 18.7. The van der Waals surface area contributed by atoms with Gasteiger partial charge in [-0.2, -0.15) is 0 Å². The van der Waals surface area contributed by atoms with Crippen LogP contribution in [-0.4, -0.2) is 33.5 Å². The first-order valence-electron chi connectivity index (χ1n) is 10.6. The quantitative estimate of drug-likeness (QED) is 0.569. The number of carbonyl (C=O) groups is 1. The largest absolute Gasteiger partial charge is 0.484 e. The molecule has 32 heavy (non-hydrogen) atoms. The molecule has 1 aliphatic heterocycles. The summed E-state index contributed by atoms with van der Waals surface area (Å²) in [5.41, 5.74) is 3.15. The fraction of sp³-hybridized carbons (Fsp3) is 0.240. The summed E-state index contributed by atoms with van der Waals surface area (Å²) in [6.45, 7) is 2.22.